The number of hydrogen-bond acceptors (Lipinski definition) is 5. The number of rotatable bonds is 8. The summed E-state index contributed by atoms with van der Waals surface area (Å²) >= 11 is 1.64. The maximum absolute atomic E-state index is 13.1. The van der Waals surface area contributed by atoms with Gasteiger partial charge < -0.3 is 15.4 Å². The highest BCUT2D eigenvalue weighted by molar-refractivity contribution is 7.98. The van der Waals surface area contributed by atoms with Gasteiger partial charge in [-0.05, 0) is 92.9 Å². The van der Waals surface area contributed by atoms with Crippen molar-refractivity contribution in [1.29, 1.82) is 0 Å². The molecular weight excluding hydrogens is 434 g/mol. The van der Waals surface area contributed by atoms with Gasteiger partial charge in [0, 0.05) is 29.6 Å². The Labute approximate surface area is 199 Å². The van der Waals surface area contributed by atoms with Crippen molar-refractivity contribution in [2.75, 3.05) is 6.26 Å². The van der Waals surface area contributed by atoms with Crippen molar-refractivity contribution < 1.29 is 14.3 Å². The van der Waals surface area contributed by atoms with E-state index in [0.717, 1.165) is 37.0 Å². The molecule has 5 rings (SSSR count). The summed E-state index contributed by atoms with van der Waals surface area (Å²) in [7, 11) is 0. The Kier molecular flexibility index (Phi) is 6.32. The van der Waals surface area contributed by atoms with E-state index in [1.54, 1.807) is 30.1 Å². The lowest BCUT2D eigenvalue weighted by Crippen LogP contribution is -2.40. The summed E-state index contributed by atoms with van der Waals surface area (Å²) in [5.74, 6) is 1.69. The van der Waals surface area contributed by atoms with Gasteiger partial charge in [-0.2, -0.15) is 0 Å². The molecule has 3 aliphatic carbocycles. The zero-order valence-corrected chi connectivity index (χ0v) is 19.8. The Balaban J connectivity index is 1.15. The minimum absolute atomic E-state index is 0.138. The molecule has 1 spiro atoms. The van der Waals surface area contributed by atoms with Crippen molar-refractivity contribution in [1.82, 2.24) is 15.6 Å². The van der Waals surface area contributed by atoms with Crippen molar-refractivity contribution in [3.05, 3.63) is 48.2 Å². The van der Waals surface area contributed by atoms with E-state index >= 15 is 0 Å². The van der Waals surface area contributed by atoms with Gasteiger partial charge in [-0.1, -0.05) is 6.07 Å². The zero-order valence-electron chi connectivity index (χ0n) is 19.0. The van der Waals surface area contributed by atoms with E-state index in [0.29, 0.717) is 29.5 Å². The van der Waals surface area contributed by atoms with Crippen LogP contribution < -0.4 is 15.4 Å². The van der Waals surface area contributed by atoms with Crippen LogP contribution in [0.2, 0.25) is 0 Å². The molecule has 3 saturated carbocycles. The lowest BCUT2D eigenvalue weighted by atomic mass is 9.82. The van der Waals surface area contributed by atoms with Gasteiger partial charge in [0.25, 0.3) is 5.91 Å². The molecular formula is C26H31N3O3S. The summed E-state index contributed by atoms with van der Waals surface area (Å²) < 4.78 is 5.97. The highest BCUT2D eigenvalue weighted by atomic mass is 32.2. The number of ether oxygens (including phenoxy) is 1. The summed E-state index contributed by atoms with van der Waals surface area (Å²) in [4.78, 5) is 30.6. The quantitative estimate of drug-likeness (QED) is 0.540. The predicted molar refractivity (Wildman–Crippen MR) is 129 cm³/mol. The van der Waals surface area contributed by atoms with Crippen LogP contribution in [0.25, 0.3) is 0 Å². The third-order valence-corrected chi connectivity index (χ3v) is 8.01. The van der Waals surface area contributed by atoms with E-state index in [9.17, 15) is 9.59 Å². The summed E-state index contributed by atoms with van der Waals surface area (Å²) in [5.41, 5.74) is 0.638. The normalized spacial score (nSPS) is 26.0. The second-order valence-electron chi connectivity index (χ2n) is 9.72. The first kappa shape index (κ1) is 22.3. The number of nitrogens with one attached hydrogen (secondary N) is 2. The Morgan fingerprint density at radius 3 is 2.70 bits per heavy atom. The topological polar surface area (TPSA) is 80.3 Å². The number of carbonyl (C=O) groups excluding carboxylic acids is 2. The van der Waals surface area contributed by atoms with E-state index in [1.807, 2.05) is 30.5 Å². The van der Waals surface area contributed by atoms with Crippen LogP contribution in [0.3, 0.4) is 0 Å². The zero-order chi connectivity index (χ0) is 22.8. The highest BCUT2D eigenvalue weighted by Crippen LogP contribution is 2.56. The minimum atomic E-state index is -0.138. The number of amides is 2. The molecule has 0 radical (unpaired) electrons. The van der Waals surface area contributed by atoms with Crippen LogP contribution in [0.1, 0.15) is 61.7 Å². The SMILES string of the molecule is CSc1cccc(Oc2ncccc2C(=O)N[C@H]2CC23CCC(NC(=O)CC2CC2)CC3)c1. The van der Waals surface area contributed by atoms with Crippen LogP contribution >= 0.6 is 11.8 Å². The first-order chi connectivity index (χ1) is 16.0. The van der Waals surface area contributed by atoms with Gasteiger partial charge in [-0.15, -0.1) is 11.8 Å². The summed E-state index contributed by atoms with van der Waals surface area (Å²) in [6.45, 7) is 0. The lowest BCUT2D eigenvalue weighted by molar-refractivity contribution is -0.122. The summed E-state index contributed by atoms with van der Waals surface area (Å²) in [6.07, 6.45) is 11.8. The van der Waals surface area contributed by atoms with Crippen molar-refractivity contribution >= 4 is 23.6 Å². The van der Waals surface area contributed by atoms with Crippen molar-refractivity contribution in [3.8, 4) is 11.6 Å². The fourth-order valence-corrected chi connectivity index (χ4v) is 5.42. The molecule has 0 bridgehead atoms. The van der Waals surface area contributed by atoms with E-state index < -0.39 is 0 Å². The second-order valence-corrected chi connectivity index (χ2v) is 10.6. The summed E-state index contributed by atoms with van der Waals surface area (Å²) in [5, 5.41) is 6.44. The predicted octanol–water partition coefficient (Wildman–Crippen LogP) is 4.94. The van der Waals surface area contributed by atoms with E-state index in [4.69, 9.17) is 4.74 Å². The molecule has 0 saturated heterocycles. The molecule has 2 aromatic rings. The summed E-state index contributed by atoms with van der Waals surface area (Å²) in [6, 6.07) is 11.8. The Hall–Kier alpha value is -2.54. The number of carbonyl (C=O) groups is 2. The third kappa shape index (κ3) is 5.35. The molecule has 1 atom stereocenters. The standard InChI is InChI=1S/C26H31N3O3S/c1-33-20-5-2-4-19(15-20)32-25-21(6-3-13-27-25)24(31)29-22-16-26(22)11-9-18(10-12-26)28-23(30)14-17-7-8-17/h2-6,13,15,17-18,22H,7-12,14,16H2,1H3,(H,28,30)(H,29,31)/t18?,22-,26?/m0/s1. The second kappa shape index (κ2) is 9.37. The molecule has 33 heavy (non-hydrogen) atoms. The molecule has 1 heterocycles. The maximum Gasteiger partial charge on any atom is 0.257 e. The molecule has 3 aliphatic rings. The maximum atomic E-state index is 13.1. The molecule has 6 nitrogen and oxygen atoms in total. The number of thioether (sulfide) groups is 1. The number of pyridine rings is 1. The first-order valence-electron chi connectivity index (χ1n) is 11.9. The molecule has 2 amide bonds. The molecule has 1 aromatic heterocycles. The molecule has 7 heteroatoms. The van der Waals surface area contributed by atoms with Gasteiger partial charge in [-0.3, -0.25) is 9.59 Å². The average Bonchev–Trinajstić information content (AvgIpc) is 3.75. The van der Waals surface area contributed by atoms with Gasteiger partial charge in [0.05, 0.1) is 0 Å². The number of nitrogens with zero attached hydrogens (tertiary/aromatic N) is 1. The Morgan fingerprint density at radius 2 is 1.94 bits per heavy atom. The number of hydrogen-bond donors (Lipinski definition) is 2. The fraction of sp³-hybridized carbons (Fsp3) is 0.500. The third-order valence-electron chi connectivity index (χ3n) is 7.28. The van der Waals surface area contributed by atoms with Gasteiger partial charge in [0.1, 0.15) is 11.3 Å². The van der Waals surface area contributed by atoms with Crippen molar-refractivity contribution in [2.24, 2.45) is 11.3 Å². The molecule has 3 fully saturated rings. The smallest absolute Gasteiger partial charge is 0.257 e. The van der Waals surface area contributed by atoms with Crippen LogP contribution in [-0.4, -0.2) is 35.1 Å². The van der Waals surface area contributed by atoms with Crippen LogP contribution in [0.5, 0.6) is 11.6 Å². The molecule has 0 aliphatic heterocycles. The molecule has 0 unspecified atom stereocenters. The number of benzene rings is 1. The molecule has 1 aromatic carbocycles. The van der Waals surface area contributed by atoms with E-state index in [1.165, 1.54) is 12.8 Å². The van der Waals surface area contributed by atoms with Crippen molar-refractivity contribution in [3.63, 3.8) is 0 Å². The Morgan fingerprint density at radius 1 is 1.12 bits per heavy atom. The van der Waals surface area contributed by atoms with Gasteiger partial charge >= 0.3 is 0 Å². The monoisotopic (exact) mass is 465 g/mol. The first-order valence-corrected chi connectivity index (χ1v) is 13.1. The van der Waals surface area contributed by atoms with E-state index in [-0.39, 0.29) is 29.3 Å². The highest BCUT2D eigenvalue weighted by Gasteiger charge is 2.55. The van der Waals surface area contributed by atoms with E-state index in [2.05, 4.69) is 15.6 Å². The van der Waals surface area contributed by atoms with Crippen LogP contribution in [0, 0.1) is 11.3 Å². The van der Waals surface area contributed by atoms with Crippen LogP contribution in [-0.2, 0) is 4.79 Å². The minimum Gasteiger partial charge on any atom is -0.438 e. The average molecular weight is 466 g/mol. The fourth-order valence-electron chi connectivity index (χ4n) is 4.97. The van der Waals surface area contributed by atoms with Crippen molar-refractivity contribution in [2.45, 2.75) is 68.3 Å². The van der Waals surface area contributed by atoms with Crippen LogP contribution in [0.4, 0.5) is 0 Å². The van der Waals surface area contributed by atoms with Gasteiger partial charge in [-0.25, -0.2) is 4.98 Å². The van der Waals surface area contributed by atoms with Crippen LogP contribution in [0.15, 0.2) is 47.5 Å². The Bertz CT molecular complexity index is 1030. The van der Waals surface area contributed by atoms with Gasteiger partial charge in [0.2, 0.25) is 11.8 Å². The largest absolute Gasteiger partial charge is 0.438 e. The molecule has 174 valence electrons. The number of aromatic nitrogens is 1. The lowest BCUT2D eigenvalue weighted by Gasteiger charge is -2.30. The molecule has 2 N–H and O–H groups in total. The van der Waals surface area contributed by atoms with Gasteiger partial charge in [0.15, 0.2) is 0 Å².